The average molecular weight is 490 g/mol. The van der Waals surface area contributed by atoms with Gasteiger partial charge in [-0.05, 0) is 46.3 Å². The van der Waals surface area contributed by atoms with Gasteiger partial charge in [-0.1, -0.05) is 11.6 Å². The zero-order valence-corrected chi connectivity index (χ0v) is 18.0. The molecule has 30 heavy (non-hydrogen) atoms. The number of aromatic nitrogens is 4. The fraction of sp³-hybridized carbons (Fsp3) is 0.0952. The molecule has 0 atom stereocenters. The number of methoxy groups -OCH3 is 1. The van der Waals surface area contributed by atoms with E-state index in [0.717, 1.165) is 21.4 Å². The van der Waals surface area contributed by atoms with Crippen LogP contribution in [0.15, 0.2) is 59.5 Å². The van der Waals surface area contributed by atoms with Gasteiger partial charge in [-0.15, -0.1) is 0 Å². The van der Waals surface area contributed by atoms with Crippen molar-refractivity contribution in [2.24, 2.45) is 0 Å². The lowest BCUT2D eigenvalue weighted by Crippen LogP contribution is -2.00. The van der Waals surface area contributed by atoms with Crippen molar-refractivity contribution in [2.75, 3.05) is 7.11 Å². The molecule has 0 spiro atoms. The zero-order chi connectivity index (χ0) is 21.1. The fourth-order valence-electron chi connectivity index (χ4n) is 2.81. The van der Waals surface area contributed by atoms with Gasteiger partial charge in [0, 0.05) is 34.1 Å². The van der Waals surface area contributed by atoms with E-state index >= 15 is 0 Å². The summed E-state index contributed by atoms with van der Waals surface area (Å²) >= 11 is 9.35. The second-order valence-corrected chi connectivity index (χ2v) is 7.54. The first-order chi connectivity index (χ1) is 14.5. The first kappa shape index (κ1) is 20.3. The van der Waals surface area contributed by atoms with Crippen LogP contribution >= 0.6 is 27.5 Å². The Morgan fingerprint density at radius 2 is 1.93 bits per heavy atom. The van der Waals surface area contributed by atoms with Gasteiger partial charge < -0.3 is 14.5 Å². The van der Waals surface area contributed by atoms with Gasteiger partial charge in [0.2, 0.25) is 5.95 Å². The number of H-pyrrole nitrogens is 1. The third kappa shape index (κ3) is 4.44. The maximum Gasteiger partial charge on any atom is 0.212 e. The Labute approximate surface area is 185 Å². The van der Waals surface area contributed by atoms with Crippen LogP contribution in [-0.2, 0) is 6.61 Å². The molecule has 0 aliphatic heterocycles. The molecule has 1 aromatic carbocycles. The summed E-state index contributed by atoms with van der Waals surface area (Å²) in [6.45, 7) is 0.270. The lowest BCUT2D eigenvalue weighted by Gasteiger charge is -2.11. The first-order valence-electron chi connectivity index (χ1n) is 8.81. The lowest BCUT2D eigenvalue weighted by atomic mass is 10.1. The number of nitrogens with one attached hydrogen (secondary N) is 1. The molecule has 0 radical (unpaired) electrons. The van der Waals surface area contributed by atoms with Crippen molar-refractivity contribution in [3.05, 3.63) is 76.1 Å². The minimum absolute atomic E-state index is 0.270. The van der Waals surface area contributed by atoms with E-state index in [2.05, 4.69) is 35.9 Å². The van der Waals surface area contributed by atoms with Crippen molar-refractivity contribution in [3.8, 4) is 34.1 Å². The molecule has 3 heterocycles. The Bertz CT molecular complexity index is 1180. The highest BCUT2D eigenvalue weighted by Gasteiger charge is 2.12. The molecule has 0 aliphatic rings. The highest BCUT2D eigenvalue weighted by atomic mass is 79.9. The molecule has 0 saturated carbocycles. The first-order valence-corrected chi connectivity index (χ1v) is 9.98. The quantitative estimate of drug-likeness (QED) is 0.353. The summed E-state index contributed by atoms with van der Waals surface area (Å²) in [6, 6.07) is 10.2. The van der Waals surface area contributed by atoms with Crippen molar-refractivity contribution >= 4 is 27.5 Å². The molecular formula is C21H15BrClFN4O2. The van der Waals surface area contributed by atoms with Crippen LogP contribution in [0, 0.1) is 5.95 Å². The SMILES string of the molecule is COc1cc(OCc2ncc(Cl)cc2Br)ccc1-c1cnc(-c2ccc(F)nc2)[nH]1. The number of benzene rings is 1. The monoisotopic (exact) mass is 488 g/mol. The average Bonchev–Trinajstić information content (AvgIpc) is 3.23. The third-order valence-corrected chi connectivity index (χ3v) is 5.19. The largest absolute Gasteiger partial charge is 0.496 e. The van der Waals surface area contributed by atoms with Crippen LogP contribution in [0.5, 0.6) is 11.5 Å². The number of halogens is 3. The Morgan fingerprint density at radius 1 is 1.07 bits per heavy atom. The summed E-state index contributed by atoms with van der Waals surface area (Å²) in [6.07, 6.45) is 4.68. The summed E-state index contributed by atoms with van der Waals surface area (Å²) in [5.74, 6) is 1.28. The summed E-state index contributed by atoms with van der Waals surface area (Å²) in [7, 11) is 1.58. The van der Waals surface area contributed by atoms with E-state index in [4.69, 9.17) is 21.1 Å². The number of rotatable bonds is 6. The van der Waals surface area contributed by atoms with Crippen molar-refractivity contribution in [1.29, 1.82) is 0 Å². The number of hydrogen-bond acceptors (Lipinski definition) is 5. The third-order valence-electron chi connectivity index (χ3n) is 4.30. The van der Waals surface area contributed by atoms with E-state index in [1.54, 1.807) is 37.7 Å². The highest BCUT2D eigenvalue weighted by Crippen LogP contribution is 2.34. The fourth-order valence-corrected chi connectivity index (χ4v) is 3.56. The van der Waals surface area contributed by atoms with Crippen molar-refractivity contribution in [2.45, 2.75) is 6.61 Å². The van der Waals surface area contributed by atoms with Crippen molar-refractivity contribution < 1.29 is 13.9 Å². The van der Waals surface area contributed by atoms with Crippen LogP contribution in [0.4, 0.5) is 4.39 Å². The number of aromatic amines is 1. The van der Waals surface area contributed by atoms with Gasteiger partial charge in [0.1, 0.15) is 23.9 Å². The van der Waals surface area contributed by atoms with Crippen LogP contribution in [0.3, 0.4) is 0 Å². The van der Waals surface area contributed by atoms with Crippen LogP contribution in [-0.4, -0.2) is 27.0 Å². The zero-order valence-electron chi connectivity index (χ0n) is 15.7. The van der Waals surface area contributed by atoms with Crippen LogP contribution in [0.2, 0.25) is 5.02 Å². The molecule has 1 N–H and O–H groups in total. The Balaban J connectivity index is 1.54. The smallest absolute Gasteiger partial charge is 0.212 e. The van der Waals surface area contributed by atoms with Gasteiger partial charge in [-0.2, -0.15) is 4.39 Å². The molecule has 152 valence electrons. The molecule has 0 aliphatic carbocycles. The van der Waals surface area contributed by atoms with E-state index in [-0.39, 0.29) is 6.61 Å². The number of hydrogen-bond donors (Lipinski definition) is 1. The predicted octanol–water partition coefficient (Wildman–Crippen LogP) is 5.68. The van der Waals surface area contributed by atoms with Gasteiger partial charge in [-0.3, -0.25) is 4.98 Å². The van der Waals surface area contributed by atoms with Crippen molar-refractivity contribution in [1.82, 2.24) is 19.9 Å². The molecule has 4 rings (SSSR count). The minimum atomic E-state index is -0.538. The number of pyridine rings is 2. The van der Waals surface area contributed by atoms with Gasteiger partial charge in [0.25, 0.3) is 0 Å². The number of nitrogens with zero attached hydrogens (tertiary/aromatic N) is 3. The maximum absolute atomic E-state index is 13.0. The molecule has 0 unspecified atom stereocenters. The second-order valence-electron chi connectivity index (χ2n) is 6.25. The minimum Gasteiger partial charge on any atom is -0.496 e. The van der Waals surface area contributed by atoms with Crippen LogP contribution in [0.25, 0.3) is 22.6 Å². The molecule has 9 heteroatoms. The normalized spacial score (nSPS) is 10.8. The lowest BCUT2D eigenvalue weighted by molar-refractivity contribution is 0.298. The molecule has 0 saturated heterocycles. The molecule has 4 aromatic rings. The summed E-state index contributed by atoms with van der Waals surface area (Å²) in [5.41, 5.74) is 2.97. The predicted molar refractivity (Wildman–Crippen MR) is 115 cm³/mol. The van der Waals surface area contributed by atoms with Gasteiger partial charge >= 0.3 is 0 Å². The Hall–Kier alpha value is -2.97. The summed E-state index contributed by atoms with van der Waals surface area (Å²) in [5, 5.41) is 0.548. The van der Waals surface area contributed by atoms with Gasteiger partial charge in [-0.25, -0.2) is 9.97 Å². The number of ether oxygens (including phenoxy) is 2. The van der Waals surface area contributed by atoms with E-state index in [1.807, 2.05) is 12.1 Å². The van der Waals surface area contributed by atoms with Crippen molar-refractivity contribution in [3.63, 3.8) is 0 Å². The van der Waals surface area contributed by atoms with Gasteiger partial charge in [0.05, 0.1) is 29.7 Å². The highest BCUT2D eigenvalue weighted by molar-refractivity contribution is 9.10. The van der Waals surface area contributed by atoms with Crippen LogP contribution < -0.4 is 9.47 Å². The Kier molecular flexibility index (Phi) is 5.96. The maximum atomic E-state index is 13.0. The van der Waals surface area contributed by atoms with E-state index in [9.17, 15) is 4.39 Å². The van der Waals surface area contributed by atoms with E-state index in [1.165, 1.54) is 12.3 Å². The molecule has 0 fully saturated rings. The Morgan fingerprint density at radius 3 is 2.67 bits per heavy atom. The second kappa shape index (κ2) is 8.81. The van der Waals surface area contributed by atoms with E-state index < -0.39 is 5.95 Å². The topological polar surface area (TPSA) is 72.9 Å². The van der Waals surface area contributed by atoms with E-state index in [0.29, 0.717) is 27.9 Å². The summed E-state index contributed by atoms with van der Waals surface area (Å²) < 4.78 is 25.2. The summed E-state index contributed by atoms with van der Waals surface area (Å²) in [4.78, 5) is 15.5. The van der Waals surface area contributed by atoms with Crippen LogP contribution in [0.1, 0.15) is 5.69 Å². The molecular weight excluding hydrogens is 475 g/mol. The molecule has 0 amide bonds. The molecule has 3 aromatic heterocycles. The molecule has 6 nitrogen and oxygen atoms in total. The number of imidazole rings is 1. The molecule has 0 bridgehead atoms. The van der Waals surface area contributed by atoms with Gasteiger partial charge in [0.15, 0.2) is 0 Å². The standard InChI is InChI=1S/C21H15BrClFN4O2/c1-29-19-7-14(30-11-18-16(22)6-13(23)9-25-18)3-4-15(19)17-10-27-21(28-17)12-2-5-20(24)26-8-12/h2-10H,11H2,1H3,(H,27,28).